The Kier molecular flexibility index (Phi) is 2.80. The molecule has 0 radical (unpaired) electrons. The molecule has 1 N–H and O–H groups in total. The molecule has 1 fully saturated rings. The zero-order valence-corrected chi connectivity index (χ0v) is 8.07. The Morgan fingerprint density at radius 2 is 2.46 bits per heavy atom. The minimum Gasteiger partial charge on any atom is -0.386 e. The largest absolute Gasteiger partial charge is 0.386 e. The highest BCUT2D eigenvalue weighted by Crippen LogP contribution is 2.32. The lowest BCUT2D eigenvalue weighted by Gasteiger charge is -2.15. The zero-order valence-electron chi connectivity index (χ0n) is 7.26. The number of aliphatic hydroxyl groups is 1. The molecule has 1 aliphatic rings. The first-order valence-electron chi connectivity index (χ1n) is 4.39. The van der Waals surface area contributed by atoms with Crippen molar-refractivity contribution in [2.24, 2.45) is 5.92 Å². The SMILES string of the molecule is OC(c1cnccn1)C1CCSC1. The highest BCUT2D eigenvalue weighted by Gasteiger charge is 2.25. The minimum absolute atomic E-state index is 0.363. The molecule has 1 aliphatic heterocycles. The quantitative estimate of drug-likeness (QED) is 0.773. The average Bonchev–Trinajstić information content (AvgIpc) is 2.71. The summed E-state index contributed by atoms with van der Waals surface area (Å²) in [5.41, 5.74) is 0.704. The molecule has 0 aliphatic carbocycles. The molecule has 70 valence electrons. The van der Waals surface area contributed by atoms with Gasteiger partial charge in [0.05, 0.1) is 11.9 Å². The fourth-order valence-electron chi connectivity index (χ4n) is 1.51. The second-order valence-corrected chi connectivity index (χ2v) is 4.35. The Hall–Kier alpha value is -0.610. The molecule has 0 bridgehead atoms. The van der Waals surface area contributed by atoms with E-state index in [0.29, 0.717) is 11.6 Å². The molecule has 1 saturated heterocycles. The van der Waals surface area contributed by atoms with Crippen molar-refractivity contribution in [1.82, 2.24) is 9.97 Å². The maximum atomic E-state index is 9.90. The van der Waals surface area contributed by atoms with Crippen LogP contribution < -0.4 is 0 Å². The van der Waals surface area contributed by atoms with Gasteiger partial charge in [-0.15, -0.1) is 0 Å². The first-order valence-corrected chi connectivity index (χ1v) is 5.55. The fourth-order valence-corrected chi connectivity index (χ4v) is 2.79. The zero-order chi connectivity index (χ0) is 9.10. The summed E-state index contributed by atoms with van der Waals surface area (Å²) in [5, 5.41) is 9.90. The first-order chi connectivity index (χ1) is 6.38. The molecule has 0 spiro atoms. The number of thioether (sulfide) groups is 1. The van der Waals surface area contributed by atoms with Crippen molar-refractivity contribution < 1.29 is 5.11 Å². The first kappa shape index (κ1) is 8.97. The van der Waals surface area contributed by atoms with Gasteiger partial charge in [-0.2, -0.15) is 11.8 Å². The van der Waals surface area contributed by atoms with E-state index in [1.807, 2.05) is 11.8 Å². The van der Waals surface area contributed by atoms with Gasteiger partial charge in [-0.05, 0) is 17.9 Å². The molecular formula is C9H12N2OS. The Bertz CT molecular complexity index is 262. The normalized spacial score (nSPS) is 24.5. The lowest BCUT2D eigenvalue weighted by atomic mass is 10.00. The molecule has 13 heavy (non-hydrogen) atoms. The third kappa shape index (κ3) is 2.00. The van der Waals surface area contributed by atoms with Crippen LogP contribution in [0.2, 0.25) is 0 Å². The Morgan fingerprint density at radius 1 is 1.54 bits per heavy atom. The summed E-state index contributed by atoms with van der Waals surface area (Å²) in [6, 6.07) is 0. The van der Waals surface area contributed by atoms with Gasteiger partial charge in [0.2, 0.25) is 0 Å². The smallest absolute Gasteiger partial charge is 0.101 e. The number of rotatable bonds is 2. The lowest BCUT2D eigenvalue weighted by Crippen LogP contribution is -2.13. The highest BCUT2D eigenvalue weighted by atomic mass is 32.2. The van der Waals surface area contributed by atoms with Crippen molar-refractivity contribution >= 4 is 11.8 Å². The summed E-state index contributed by atoms with van der Waals surface area (Å²) >= 11 is 1.90. The predicted molar refractivity (Wildman–Crippen MR) is 52.4 cm³/mol. The third-order valence-electron chi connectivity index (χ3n) is 2.30. The summed E-state index contributed by atoms with van der Waals surface area (Å²) in [7, 11) is 0. The van der Waals surface area contributed by atoms with Crippen LogP contribution in [0.4, 0.5) is 0 Å². The molecule has 1 aromatic rings. The van der Waals surface area contributed by atoms with Crippen LogP contribution in [-0.2, 0) is 0 Å². The van der Waals surface area contributed by atoms with E-state index < -0.39 is 6.10 Å². The van der Waals surface area contributed by atoms with E-state index in [0.717, 1.165) is 17.9 Å². The lowest BCUT2D eigenvalue weighted by molar-refractivity contribution is 0.116. The van der Waals surface area contributed by atoms with E-state index in [9.17, 15) is 5.11 Å². The van der Waals surface area contributed by atoms with E-state index in [2.05, 4.69) is 9.97 Å². The summed E-state index contributed by atoms with van der Waals surface area (Å²) < 4.78 is 0. The van der Waals surface area contributed by atoms with Gasteiger partial charge in [0.25, 0.3) is 0 Å². The van der Waals surface area contributed by atoms with Gasteiger partial charge >= 0.3 is 0 Å². The molecule has 4 heteroatoms. The maximum Gasteiger partial charge on any atom is 0.101 e. The van der Waals surface area contributed by atoms with E-state index >= 15 is 0 Å². The van der Waals surface area contributed by atoms with E-state index in [4.69, 9.17) is 0 Å². The van der Waals surface area contributed by atoms with Crippen molar-refractivity contribution in [2.75, 3.05) is 11.5 Å². The van der Waals surface area contributed by atoms with Gasteiger partial charge < -0.3 is 5.11 Å². The molecule has 0 amide bonds. The van der Waals surface area contributed by atoms with Gasteiger partial charge in [0, 0.05) is 18.3 Å². The maximum absolute atomic E-state index is 9.90. The summed E-state index contributed by atoms with van der Waals surface area (Å²) in [6.07, 6.45) is 5.56. The van der Waals surface area contributed by atoms with E-state index in [1.54, 1.807) is 18.6 Å². The van der Waals surface area contributed by atoms with Crippen LogP contribution in [-0.4, -0.2) is 26.6 Å². The molecule has 2 atom stereocenters. The van der Waals surface area contributed by atoms with Gasteiger partial charge in [-0.25, -0.2) is 0 Å². The molecular weight excluding hydrogens is 184 g/mol. The number of aliphatic hydroxyl groups excluding tert-OH is 1. The van der Waals surface area contributed by atoms with Crippen molar-refractivity contribution in [3.63, 3.8) is 0 Å². The Labute approximate surface area is 81.6 Å². The Balaban J connectivity index is 2.08. The summed E-state index contributed by atoms with van der Waals surface area (Å²) in [6.45, 7) is 0. The molecule has 2 heterocycles. The van der Waals surface area contributed by atoms with Crippen LogP contribution in [0.3, 0.4) is 0 Å². The molecule has 2 unspecified atom stereocenters. The van der Waals surface area contributed by atoms with Gasteiger partial charge in [0.1, 0.15) is 6.10 Å². The van der Waals surface area contributed by atoms with Gasteiger partial charge in [0.15, 0.2) is 0 Å². The minimum atomic E-state index is -0.427. The van der Waals surface area contributed by atoms with Gasteiger partial charge in [-0.3, -0.25) is 9.97 Å². The second-order valence-electron chi connectivity index (χ2n) is 3.20. The van der Waals surface area contributed by atoms with Crippen LogP contribution in [0.1, 0.15) is 18.2 Å². The highest BCUT2D eigenvalue weighted by molar-refractivity contribution is 7.99. The average molecular weight is 196 g/mol. The summed E-state index contributed by atoms with van der Waals surface area (Å²) in [4.78, 5) is 8.05. The summed E-state index contributed by atoms with van der Waals surface area (Å²) in [5.74, 6) is 2.56. The number of hydrogen-bond acceptors (Lipinski definition) is 4. The molecule has 0 aromatic carbocycles. The topological polar surface area (TPSA) is 46.0 Å². The number of hydrogen-bond donors (Lipinski definition) is 1. The van der Waals surface area contributed by atoms with Crippen LogP contribution in [0.5, 0.6) is 0 Å². The predicted octanol–water partition coefficient (Wildman–Crippen LogP) is 1.26. The molecule has 0 saturated carbocycles. The molecule has 1 aromatic heterocycles. The number of aromatic nitrogens is 2. The van der Waals surface area contributed by atoms with E-state index in [-0.39, 0.29) is 0 Å². The van der Waals surface area contributed by atoms with Crippen molar-refractivity contribution in [3.8, 4) is 0 Å². The van der Waals surface area contributed by atoms with Crippen molar-refractivity contribution in [1.29, 1.82) is 0 Å². The Morgan fingerprint density at radius 3 is 3.08 bits per heavy atom. The molecule has 2 rings (SSSR count). The van der Waals surface area contributed by atoms with Crippen molar-refractivity contribution in [2.45, 2.75) is 12.5 Å². The van der Waals surface area contributed by atoms with Gasteiger partial charge in [-0.1, -0.05) is 0 Å². The fraction of sp³-hybridized carbons (Fsp3) is 0.556. The van der Waals surface area contributed by atoms with Crippen LogP contribution in [0, 0.1) is 5.92 Å². The van der Waals surface area contributed by atoms with Crippen LogP contribution in [0.25, 0.3) is 0 Å². The van der Waals surface area contributed by atoms with Crippen molar-refractivity contribution in [3.05, 3.63) is 24.3 Å². The third-order valence-corrected chi connectivity index (χ3v) is 3.49. The second kappa shape index (κ2) is 4.07. The van der Waals surface area contributed by atoms with E-state index in [1.165, 1.54) is 0 Å². The number of nitrogens with zero attached hydrogens (tertiary/aromatic N) is 2. The van der Waals surface area contributed by atoms with Crippen LogP contribution >= 0.6 is 11.8 Å². The molecule has 3 nitrogen and oxygen atoms in total. The van der Waals surface area contributed by atoms with Crippen LogP contribution in [0.15, 0.2) is 18.6 Å². The standard InChI is InChI=1S/C9H12N2OS/c12-9(7-1-4-13-6-7)8-5-10-2-3-11-8/h2-3,5,7,9,12H,1,4,6H2. The monoisotopic (exact) mass is 196 g/mol.